The van der Waals surface area contributed by atoms with Crippen LogP contribution in [0, 0.1) is 5.92 Å². The maximum atomic E-state index is 11.0. The Morgan fingerprint density at radius 1 is 1.58 bits per heavy atom. The third-order valence-electron chi connectivity index (χ3n) is 1.37. The van der Waals surface area contributed by atoms with Gasteiger partial charge in [0.2, 0.25) is 0 Å². The third-order valence-corrected chi connectivity index (χ3v) is 1.37. The molecule has 1 amide bonds. The van der Waals surface area contributed by atoms with Gasteiger partial charge in [-0.3, -0.25) is 9.63 Å². The summed E-state index contributed by atoms with van der Waals surface area (Å²) in [5.41, 5.74) is 7.74. The van der Waals surface area contributed by atoms with Gasteiger partial charge in [-0.2, -0.15) is 0 Å². The van der Waals surface area contributed by atoms with E-state index >= 15 is 0 Å². The lowest BCUT2D eigenvalue weighted by atomic mass is 10.2. The SMILES string of the molecule is CCC(N)C(=O)NOCC(C)C. The van der Waals surface area contributed by atoms with Crippen LogP contribution in [0.1, 0.15) is 27.2 Å². The highest BCUT2D eigenvalue weighted by atomic mass is 16.7. The summed E-state index contributed by atoms with van der Waals surface area (Å²) in [6, 6.07) is -0.461. The molecule has 0 aliphatic heterocycles. The highest BCUT2D eigenvalue weighted by Gasteiger charge is 2.10. The van der Waals surface area contributed by atoms with Crippen LogP contribution in [0.4, 0.5) is 0 Å². The van der Waals surface area contributed by atoms with E-state index in [1.165, 1.54) is 0 Å². The average molecular weight is 174 g/mol. The predicted molar refractivity (Wildman–Crippen MR) is 47.2 cm³/mol. The van der Waals surface area contributed by atoms with Crippen molar-refractivity contribution in [3.05, 3.63) is 0 Å². The molecule has 0 spiro atoms. The summed E-state index contributed by atoms with van der Waals surface area (Å²) in [6.45, 7) is 6.38. The summed E-state index contributed by atoms with van der Waals surface area (Å²) in [4.78, 5) is 15.9. The summed E-state index contributed by atoms with van der Waals surface area (Å²) in [7, 11) is 0. The van der Waals surface area contributed by atoms with E-state index in [0.29, 0.717) is 18.9 Å². The summed E-state index contributed by atoms with van der Waals surface area (Å²) in [5, 5.41) is 0. The van der Waals surface area contributed by atoms with Crippen molar-refractivity contribution >= 4 is 5.91 Å². The summed E-state index contributed by atoms with van der Waals surface area (Å²) in [6.07, 6.45) is 0.622. The lowest BCUT2D eigenvalue weighted by molar-refractivity contribution is -0.135. The molecule has 0 saturated carbocycles. The Bertz CT molecular complexity index is 137. The molecule has 4 nitrogen and oxygen atoms in total. The van der Waals surface area contributed by atoms with Crippen LogP contribution in [0.3, 0.4) is 0 Å². The second-order valence-electron chi connectivity index (χ2n) is 3.19. The van der Waals surface area contributed by atoms with Gasteiger partial charge < -0.3 is 5.73 Å². The number of hydrogen-bond donors (Lipinski definition) is 2. The summed E-state index contributed by atoms with van der Waals surface area (Å²) in [5.74, 6) is 0.154. The van der Waals surface area contributed by atoms with Crippen LogP contribution in [-0.2, 0) is 9.63 Å². The molecule has 0 aromatic rings. The first-order valence-corrected chi connectivity index (χ1v) is 4.25. The van der Waals surface area contributed by atoms with Crippen LogP contribution < -0.4 is 11.2 Å². The van der Waals surface area contributed by atoms with Crippen molar-refractivity contribution < 1.29 is 9.63 Å². The van der Waals surface area contributed by atoms with E-state index in [1.54, 1.807) is 0 Å². The number of amides is 1. The zero-order chi connectivity index (χ0) is 9.56. The van der Waals surface area contributed by atoms with E-state index < -0.39 is 6.04 Å². The van der Waals surface area contributed by atoms with Crippen LogP contribution in [0.15, 0.2) is 0 Å². The fourth-order valence-electron chi connectivity index (χ4n) is 0.541. The van der Waals surface area contributed by atoms with Gasteiger partial charge in [-0.05, 0) is 12.3 Å². The third kappa shape index (κ3) is 5.09. The molecule has 0 aliphatic carbocycles. The van der Waals surface area contributed by atoms with Gasteiger partial charge in [0.1, 0.15) is 0 Å². The minimum Gasteiger partial charge on any atom is -0.320 e. The van der Waals surface area contributed by atoms with Gasteiger partial charge in [0.15, 0.2) is 0 Å². The molecule has 0 aliphatic rings. The van der Waals surface area contributed by atoms with Gasteiger partial charge in [0.05, 0.1) is 12.6 Å². The van der Waals surface area contributed by atoms with Crippen LogP contribution in [-0.4, -0.2) is 18.6 Å². The van der Waals surface area contributed by atoms with Crippen molar-refractivity contribution in [2.24, 2.45) is 11.7 Å². The molecule has 72 valence electrons. The smallest absolute Gasteiger partial charge is 0.260 e. The van der Waals surface area contributed by atoms with Crippen molar-refractivity contribution in [2.75, 3.05) is 6.61 Å². The Labute approximate surface area is 73.4 Å². The first kappa shape index (κ1) is 11.4. The number of carbonyl (C=O) groups is 1. The van der Waals surface area contributed by atoms with E-state index in [4.69, 9.17) is 10.6 Å². The Kier molecular flexibility index (Phi) is 5.66. The van der Waals surface area contributed by atoms with Gasteiger partial charge in [0.25, 0.3) is 5.91 Å². The fourth-order valence-corrected chi connectivity index (χ4v) is 0.541. The minimum absolute atomic E-state index is 0.252. The van der Waals surface area contributed by atoms with E-state index in [2.05, 4.69) is 5.48 Å². The molecule has 0 rings (SSSR count). The molecular weight excluding hydrogens is 156 g/mol. The summed E-state index contributed by atoms with van der Waals surface area (Å²) < 4.78 is 0. The quantitative estimate of drug-likeness (QED) is 0.594. The molecule has 0 radical (unpaired) electrons. The van der Waals surface area contributed by atoms with Gasteiger partial charge >= 0.3 is 0 Å². The van der Waals surface area contributed by atoms with Crippen LogP contribution in [0.2, 0.25) is 0 Å². The van der Waals surface area contributed by atoms with Crippen LogP contribution in [0.5, 0.6) is 0 Å². The van der Waals surface area contributed by atoms with Crippen molar-refractivity contribution in [2.45, 2.75) is 33.2 Å². The lowest BCUT2D eigenvalue weighted by Gasteiger charge is -2.10. The van der Waals surface area contributed by atoms with Gasteiger partial charge in [-0.15, -0.1) is 0 Å². The average Bonchev–Trinajstić information content (AvgIpc) is 2.02. The van der Waals surface area contributed by atoms with E-state index in [0.717, 1.165) is 0 Å². The van der Waals surface area contributed by atoms with Crippen molar-refractivity contribution in [3.63, 3.8) is 0 Å². The molecule has 0 fully saturated rings. The second kappa shape index (κ2) is 5.97. The van der Waals surface area contributed by atoms with E-state index in [1.807, 2.05) is 20.8 Å². The van der Waals surface area contributed by atoms with Gasteiger partial charge in [-0.25, -0.2) is 5.48 Å². The number of nitrogens with two attached hydrogens (primary N) is 1. The maximum absolute atomic E-state index is 11.0. The number of hydrogen-bond acceptors (Lipinski definition) is 3. The Hall–Kier alpha value is -0.610. The number of hydroxylamine groups is 1. The molecule has 1 atom stereocenters. The predicted octanol–water partition coefficient (Wildman–Crippen LogP) is 0.427. The first-order valence-electron chi connectivity index (χ1n) is 4.25. The molecule has 0 aromatic heterocycles. The largest absolute Gasteiger partial charge is 0.320 e. The molecule has 3 N–H and O–H groups in total. The second-order valence-corrected chi connectivity index (χ2v) is 3.19. The Morgan fingerprint density at radius 2 is 2.17 bits per heavy atom. The molecular formula is C8H18N2O2. The topological polar surface area (TPSA) is 64.4 Å². The fraction of sp³-hybridized carbons (Fsp3) is 0.875. The maximum Gasteiger partial charge on any atom is 0.260 e. The van der Waals surface area contributed by atoms with E-state index in [9.17, 15) is 4.79 Å². The lowest BCUT2D eigenvalue weighted by Crippen LogP contribution is -2.40. The van der Waals surface area contributed by atoms with Gasteiger partial charge in [0, 0.05) is 0 Å². The number of nitrogens with one attached hydrogen (secondary N) is 1. The molecule has 0 heterocycles. The highest BCUT2D eigenvalue weighted by molar-refractivity contribution is 5.80. The molecule has 1 unspecified atom stereocenters. The molecule has 0 bridgehead atoms. The molecule has 12 heavy (non-hydrogen) atoms. The van der Waals surface area contributed by atoms with Crippen LogP contribution in [0.25, 0.3) is 0 Å². The monoisotopic (exact) mass is 174 g/mol. The van der Waals surface area contributed by atoms with Gasteiger partial charge in [-0.1, -0.05) is 20.8 Å². The van der Waals surface area contributed by atoms with Crippen molar-refractivity contribution in [1.29, 1.82) is 0 Å². The Balaban J connectivity index is 3.44. The molecule has 4 heteroatoms. The first-order chi connectivity index (χ1) is 5.57. The standard InChI is InChI=1S/C8H18N2O2/c1-4-7(9)8(11)10-12-5-6(2)3/h6-7H,4-5,9H2,1-3H3,(H,10,11). The number of carbonyl (C=O) groups excluding carboxylic acids is 1. The minimum atomic E-state index is -0.461. The zero-order valence-electron chi connectivity index (χ0n) is 7.96. The zero-order valence-corrected chi connectivity index (χ0v) is 7.96. The van der Waals surface area contributed by atoms with Crippen molar-refractivity contribution in [1.82, 2.24) is 5.48 Å². The van der Waals surface area contributed by atoms with Crippen molar-refractivity contribution in [3.8, 4) is 0 Å². The molecule has 0 aromatic carbocycles. The normalized spacial score (nSPS) is 13.1. The molecule has 0 saturated heterocycles. The number of rotatable bonds is 5. The highest BCUT2D eigenvalue weighted by Crippen LogP contribution is 1.91. The van der Waals surface area contributed by atoms with E-state index in [-0.39, 0.29) is 5.91 Å². The Morgan fingerprint density at radius 3 is 2.58 bits per heavy atom. The van der Waals surface area contributed by atoms with Crippen LogP contribution >= 0.6 is 0 Å². The summed E-state index contributed by atoms with van der Waals surface area (Å²) >= 11 is 0.